The second-order valence-electron chi connectivity index (χ2n) is 4.94. The van der Waals surface area contributed by atoms with E-state index in [1.807, 2.05) is 30.3 Å². The number of urea groups is 1. The zero-order valence-corrected chi connectivity index (χ0v) is 11.4. The Labute approximate surface area is 117 Å². The first-order valence-corrected chi connectivity index (χ1v) is 6.71. The topological polar surface area (TPSA) is 63.1 Å². The van der Waals surface area contributed by atoms with Crippen LogP contribution in [0.15, 0.2) is 36.8 Å². The van der Waals surface area contributed by atoms with E-state index < -0.39 is 0 Å². The number of aryl methyl sites for hydroxylation is 1. The maximum atomic E-state index is 12.4. The Morgan fingerprint density at radius 3 is 3.05 bits per heavy atom. The van der Waals surface area contributed by atoms with Gasteiger partial charge in [-0.1, -0.05) is 0 Å². The summed E-state index contributed by atoms with van der Waals surface area (Å²) in [5.74, 6) is 0. The van der Waals surface area contributed by atoms with E-state index in [1.165, 1.54) is 0 Å². The van der Waals surface area contributed by atoms with Gasteiger partial charge in [0.2, 0.25) is 0 Å². The van der Waals surface area contributed by atoms with Gasteiger partial charge < -0.3 is 10.2 Å². The van der Waals surface area contributed by atoms with Crippen LogP contribution in [0, 0.1) is 0 Å². The summed E-state index contributed by atoms with van der Waals surface area (Å²) in [6, 6.07) is 5.58. The molecule has 1 aliphatic heterocycles. The minimum absolute atomic E-state index is 0.0628. The summed E-state index contributed by atoms with van der Waals surface area (Å²) in [6.45, 7) is 0.757. The maximum Gasteiger partial charge on any atom is 0.322 e. The molecule has 0 aromatic carbocycles. The van der Waals surface area contributed by atoms with Crippen LogP contribution in [0.3, 0.4) is 0 Å². The van der Waals surface area contributed by atoms with Crippen molar-refractivity contribution in [1.29, 1.82) is 0 Å². The Morgan fingerprint density at radius 1 is 1.45 bits per heavy atom. The minimum atomic E-state index is -0.0915. The largest absolute Gasteiger partial charge is 0.322 e. The molecule has 3 rings (SSSR count). The molecule has 2 aromatic rings. The predicted octanol–water partition coefficient (Wildman–Crippen LogP) is 2.18. The van der Waals surface area contributed by atoms with Crippen molar-refractivity contribution >= 4 is 11.7 Å². The molecule has 0 radical (unpaired) electrons. The van der Waals surface area contributed by atoms with Crippen molar-refractivity contribution in [1.82, 2.24) is 19.7 Å². The summed E-state index contributed by atoms with van der Waals surface area (Å²) in [4.78, 5) is 18.2. The number of amides is 2. The average molecular weight is 271 g/mol. The van der Waals surface area contributed by atoms with Gasteiger partial charge in [-0.05, 0) is 31.0 Å². The molecule has 2 amide bonds. The van der Waals surface area contributed by atoms with Crippen LogP contribution in [-0.2, 0) is 7.05 Å². The fourth-order valence-electron chi connectivity index (χ4n) is 2.56. The molecule has 2 aromatic heterocycles. The number of rotatable bonds is 2. The Balaban J connectivity index is 1.73. The SMILES string of the molecule is Cn1ccc(C2CCCN2C(=O)Nc2cccnc2)n1. The molecule has 20 heavy (non-hydrogen) atoms. The van der Waals surface area contributed by atoms with Crippen LogP contribution in [-0.4, -0.2) is 32.2 Å². The molecule has 1 aliphatic rings. The number of hydrogen-bond acceptors (Lipinski definition) is 3. The molecule has 6 nitrogen and oxygen atoms in total. The van der Waals surface area contributed by atoms with Crippen molar-refractivity contribution in [3.8, 4) is 0 Å². The highest BCUT2D eigenvalue weighted by molar-refractivity contribution is 5.89. The van der Waals surface area contributed by atoms with Crippen molar-refractivity contribution in [2.75, 3.05) is 11.9 Å². The third-order valence-corrected chi connectivity index (χ3v) is 3.50. The van der Waals surface area contributed by atoms with Gasteiger partial charge in [-0.25, -0.2) is 4.79 Å². The molecule has 0 spiro atoms. The summed E-state index contributed by atoms with van der Waals surface area (Å²) < 4.78 is 1.77. The van der Waals surface area contributed by atoms with Gasteiger partial charge in [0.15, 0.2) is 0 Å². The molecule has 1 N–H and O–H groups in total. The lowest BCUT2D eigenvalue weighted by atomic mass is 10.1. The lowest BCUT2D eigenvalue weighted by Crippen LogP contribution is -2.34. The molecule has 0 bridgehead atoms. The normalized spacial score (nSPS) is 18.2. The minimum Gasteiger partial charge on any atom is -0.316 e. The van der Waals surface area contributed by atoms with Gasteiger partial charge in [-0.3, -0.25) is 9.67 Å². The third kappa shape index (κ3) is 2.49. The maximum absolute atomic E-state index is 12.4. The molecule has 6 heteroatoms. The molecule has 0 aliphatic carbocycles. The first-order chi connectivity index (χ1) is 9.74. The first-order valence-electron chi connectivity index (χ1n) is 6.71. The quantitative estimate of drug-likeness (QED) is 0.910. The number of nitrogens with one attached hydrogen (secondary N) is 1. The number of hydrogen-bond donors (Lipinski definition) is 1. The highest BCUT2D eigenvalue weighted by Crippen LogP contribution is 2.31. The number of aromatic nitrogens is 3. The van der Waals surface area contributed by atoms with E-state index in [0.29, 0.717) is 5.69 Å². The molecule has 104 valence electrons. The van der Waals surface area contributed by atoms with Gasteiger partial charge in [0, 0.05) is 26.0 Å². The monoisotopic (exact) mass is 271 g/mol. The summed E-state index contributed by atoms with van der Waals surface area (Å²) in [6.07, 6.45) is 7.19. The number of anilines is 1. The van der Waals surface area contributed by atoms with E-state index in [2.05, 4.69) is 15.4 Å². The first kappa shape index (κ1) is 12.7. The molecule has 1 fully saturated rings. The van der Waals surface area contributed by atoms with Crippen LogP contribution in [0.25, 0.3) is 0 Å². The summed E-state index contributed by atoms with van der Waals surface area (Å²) in [5, 5.41) is 7.30. The van der Waals surface area contributed by atoms with Crippen LogP contribution in [0.1, 0.15) is 24.6 Å². The number of carbonyl (C=O) groups excluding carboxylic acids is 1. The third-order valence-electron chi connectivity index (χ3n) is 3.50. The Morgan fingerprint density at radius 2 is 2.35 bits per heavy atom. The fourth-order valence-corrected chi connectivity index (χ4v) is 2.56. The van der Waals surface area contributed by atoms with E-state index in [1.54, 1.807) is 23.1 Å². The van der Waals surface area contributed by atoms with Crippen molar-refractivity contribution in [2.45, 2.75) is 18.9 Å². The van der Waals surface area contributed by atoms with Gasteiger partial charge >= 0.3 is 6.03 Å². The molecular formula is C14H17N5O. The van der Waals surface area contributed by atoms with Gasteiger partial charge in [-0.2, -0.15) is 5.10 Å². The number of carbonyl (C=O) groups is 1. The van der Waals surface area contributed by atoms with Gasteiger partial charge in [0.25, 0.3) is 0 Å². The van der Waals surface area contributed by atoms with Gasteiger partial charge in [-0.15, -0.1) is 0 Å². The molecule has 3 heterocycles. The molecule has 1 atom stereocenters. The van der Waals surface area contributed by atoms with Crippen molar-refractivity contribution in [2.24, 2.45) is 7.05 Å². The lowest BCUT2D eigenvalue weighted by molar-refractivity contribution is 0.206. The Hall–Kier alpha value is -2.37. The molecule has 1 unspecified atom stereocenters. The van der Waals surface area contributed by atoms with E-state index in [4.69, 9.17) is 0 Å². The van der Waals surface area contributed by atoms with Crippen LogP contribution in [0.4, 0.5) is 10.5 Å². The van der Waals surface area contributed by atoms with Crippen molar-refractivity contribution in [3.63, 3.8) is 0 Å². The zero-order valence-electron chi connectivity index (χ0n) is 11.4. The summed E-state index contributed by atoms with van der Waals surface area (Å²) in [5.41, 5.74) is 1.66. The molecule has 0 saturated carbocycles. The van der Waals surface area contributed by atoms with Crippen molar-refractivity contribution < 1.29 is 4.79 Å². The van der Waals surface area contributed by atoms with Crippen LogP contribution >= 0.6 is 0 Å². The second-order valence-corrected chi connectivity index (χ2v) is 4.94. The predicted molar refractivity (Wildman–Crippen MR) is 75.1 cm³/mol. The van der Waals surface area contributed by atoms with Crippen LogP contribution < -0.4 is 5.32 Å². The molecule has 1 saturated heterocycles. The summed E-state index contributed by atoms with van der Waals surface area (Å²) >= 11 is 0. The highest BCUT2D eigenvalue weighted by Gasteiger charge is 2.31. The van der Waals surface area contributed by atoms with E-state index in [9.17, 15) is 4.79 Å². The zero-order chi connectivity index (χ0) is 13.9. The van der Waals surface area contributed by atoms with Crippen LogP contribution in [0.2, 0.25) is 0 Å². The average Bonchev–Trinajstić information content (AvgIpc) is 3.08. The fraction of sp³-hybridized carbons (Fsp3) is 0.357. The van der Waals surface area contributed by atoms with E-state index in [0.717, 1.165) is 25.1 Å². The second kappa shape index (κ2) is 5.32. The van der Waals surface area contributed by atoms with Gasteiger partial charge in [0.1, 0.15) is 0 Å². The Kier molecular flexibility index (Phi) is 3.37. The highest BCUT2D eigenvalue weighted by atomic mass is 16.2. The summed E-state index contributed by atoms with van der Waals surface area (Å²) in [7, 11) is 1.89. The van der Waals surface area contributed by atoms with E-state index >= 15 is 0 Å². The standard InChI is InChI=1S/C14H17N5O/c1-18-9-6-12(17-18)13-5-3-8-19(13)14(20)16-11-4-2-7-15-10-11/h2,4,6-7,9-10,13H,3,5,8H2,1H3,(H,16,20). The number of nitrogens with zero attached hydrogens (tertiary/aromatic N) is 4. The smallest absolute Gasteiger partial charge is 0.316 e. The number of pyridine rings is 1. The van der Waals surface area contributed by atoms with Crippen molar-refractivity contribution in [3.05, 3.63) is 42.5 Å². The van der Waals surface area contributed by atoms with Crippen LogP contribution in [0.5, 0.6) is 0 Å². The number of likely N-dealkylation sites (tertiary alicyclic amines) is 1. The van der Waals surface area contributed by atoms with Gasteiger partial charge in [0.05, 0.1) is 23.6 Å². The Bertz CT molecular complexity index is 595. The lowest BCUT2D eigenvalue weighted by Gasteiger charge is -2.23. The molecular weight excluding hydrogens is 254 g/mol. The van der Waals surface area contributed by atoms with E-state index in [-0.39, 0.29) is 12.1 Å².